The Kier molecular flexibility index (Phi) is 6.40. The van der Waals surface area contributed by atoms with Gasteiger partial charge in [0, 0.05) is 21.5 Å². The second kappa shape index (κ2) is 9.03. The monoisotopic (exact) mass is 442 g/mol. The quantitative estimate of drug-likeness (QED) is 0.676. The molecule has 4 nitrogen and oxygen atoms in total. The van der Waals surface area contributed by atoms with Crippen molar-refractivity contribution < 1.29 is 9.59 Å². The summed E-state index contributed by atoms with van der Waals surface area (Å²) >= 11 is 7.64. The lowest BCUT2D eigenvalue weighted by Crippen LogP contribution is -2.43. The second-order valence-corrected chi connectivity index (χ2v) is 9.88. The Bertz CT molecular complexity index is 964. The Morgan fingerprint density at radius 3 is 2.83 bits per heavy atom. The first-order valence-corrected chi connectivity index (χ1v) is 11.9. The first-order valence-electron chi connectivity index (χ1n) is 10.5. The predicted octanol–water partition coefficient (Wildman–Crippen LogP) is 5.53. The van der Waals surface area contributed by atoms with E-state index in [0.29, 0.717) is 34.7 Å². The van der Waals surface area contributed by atoms with Crippen LogP contribution in [0.25, 0.3) is 0 Å². The highest BCUT2D eigenvalue weighted by Crippen LogP contribution is 2.37. The summed E-state index contributed by atoms with van der Waals surface area (Å²) in [6, 6.07) is 13.4. The molecule has 0 unspecified atom stereocenters. The Morgan fingerprint density at radius 1 is 1.20 bits per heavy atom. The fraction of sp³-hybridized carbons (Fsp3) is 0.417. The molecule has 30 heavy (non-hydrogen) atoms. The topological polar surface area (TPSA) is 49.4 Å². The van der Waals surface area contributed by atoms with Gasteiger partial charge >= 0.3 is 0 Å². The van der Waals surface area contributed by atoms with Gasteiger partial charge in [-0.2, -0.15) is 0 Å². The summed E-state index contributed by atoms with van der Waals surface area (Å²) in [6.07, 6.45) is 3.40. The zero-order valence-corrected chi connectivity index (χ0v) is 18.9. The van der Waals surface area contributed by atoms with E-state index < -0.39 is 0 Å². The Labute approximate surface area is 187 Å². The molecular weight excluding hydrogens is 416 g/mol. The van der Waals surface area contributed by atoms with E-state index >= 15 is 0 Å². The molecule has 6 heteroatoms. The van der Waals surface area contributed by atoms with Crippen LogP contribution >= 0.6 is 23.4 Å². The van der Waals surface area contributed by atoms with Crippen LogP contribution in [0.1, 0.15) is 49.0 Å². The molecule has 2 aromatic rings. The summed E-state index contributed by atoms with van der Waals surface area (Å²) < 4.78 is 0. The summed E-state index contributed by atoms with van der Waals surface area (Å²) in [4.78, 5) is 28.5. The van der Waals surface area contributed by atoms with Crippen molar-refractivity contribution in [1.29, 1.82) is 0 Å². The van der Waals surface area contributed by atoms with Gasteiger partial charge in [0.05, 0.1) is 18.0 Å². The van der Waals surface area contributed by atoms with Crippen molar-refractivity contribution in [2.45, 2.75) is 50.6 Å². The third-order valence-electron chi connectivity index (χ3n) is 6.42. The molecule has 1 heterocycles. The molecule has 1 aliphatic carbocycles. The average molecular weight is 443 g/mol. The highest BCUT2D eigenvalue weighted by molar-refractivity contribution is 8.00. The van der Waals surface area contributed by atoms with Crippen molar-refractivity contribution in [3.63, 3.8) is 0 Å². The molecule has 3 atom stereocenters. The molecule has 2 aromatic carbocycles. The number of nitrogens with one attached hydrogen (secondary N) is 1. The number of amides is 2. The van der Waals surface area contributed by atoms with Crippen LogP contribution in [-0.4, -0.2) is 23.6 Å². The highest BCUT2D eigenvalue weighted by atomic mass is 35.5. The van der Waals surface area contributed by atoms with Crippen molar-refractivity contribution >= 4 is 40.9 Å². The number of thioether (sulfide) groups is 1. The Balaban J connectivity index is 1.57. The third-order valence-corrected chi connectivity index (χ3v) is 7.70. The number of benzene rings is 2. The molecule has 4 rings (SSSR count). The SMILES string of the molecule is C[C@H]1[C@H](C)CCC[C@H]1NC(=O)c1ccc2c(c1)N(Cc1cccc(Cl)c1)C(=O)CS2. The molecule has 1 aliphatic heterocycles. The Morgan fingerprint density at radius 2 is 2.03 bits per heavy atom. The fourth-order valence-corrected chi connectivity index (χ4v) is 5.50. The zero-order chi connectivity index (χ0) is 21.3. The number of nitrogens with zero attached hydrogens (tertiary/aromatic N) is 1. The van der Waals surface area contributed by atoms with Crippen LogP contribution in [0.5, 0.6) is 0 Å². The van der Waals surface area contributed by atoms with Crippen molar-refractivity contribution in [1.82, 2.24) is 5.32 Å². The molecular formula is C24H27ClN2O2S. The summed E-state index contributed by atoms with van der Waals surface area (Å²) in [5, 5.41) is 3.89. The maximum absolute atomic E-state index is 13.0. The van der Waals surface area contributed by atoms with E-state index in [1.165, 1.54) is 18.2 Å². The second-order valence-electron chi connectivity index (χ2n) is 8.43. The van der Waals surface area contributed by atoms with Crippen LogP contribution in [-0.2, 0) is 11.3 Å². The largest absolute Gasteiger partial charge is 0.349 e. The minimum Gasteiger partial charge on any atom is -0.349 e. The lowest BCUT2D eigenvalue weighted by Gasteiger charge is -2.34. The maximum atomic E-state index is 13.0. The molecule has 0 saturated heterocycles. The summed E-state index contributed by atoms with van der Waals surface area (Å²) in [6.45, 7) is 4.93. The molecule has 0 aromatic heterocycles. The smallest absolute Gasteiger partial charge is 0.251 e. The number of carbonyl (C=O) groups is 2. The van der Waals surface area contributed by atoms with Crippen molar-refractivity contribution in [3.05, 3.63) is 58.6 Å². The molecule has 2 amide bonds. The van der Waals surface area contributed by atoms with Crippen molar-refractivity contribution in [2.24, 2.45) is 11.8 Å². The van der Waals surface area contributed by atoms with Gasteiger partial charge in [-0.3, -0.25) is 9.59 Å². The van der Waals surface area contributed by atoms with E-state index in [4.69, 9.17) is 11.6 Å². The number of carbonyl (C=O) groups excluding carboxylic acids is 2. The minimum absolute atomic E-state index is 0.0414. The number of fused-ring (bicyclic) bond motifs is 1. The van der Waals surface area contributed by atoms with Gasteiger partial charge in [0.2, 0.25) is 5.91 Å². The highest BCUT2D eigenvalue weighted by Gasteiger charge is 2.30. The first kappa shape index (κ1) is 21.3. The molecule has 0 radical (unpaired) electrons. The van der Waals surface area contributed by atoms with Crippen LogP contribution in [0.4, 0.5) is 5.69 Å². The standard InChI is InChI=1S/C24H27ClN2O2S/c1-15-5-3-8-20(16(15)2)26-24(29)18-9-10-22-21(12-18)27(23(28)14-30-22)13-17-6-4-7-19(25)11-17/h4,6-7,9-12,15-16,20H,3,5,8,13-14H2,1-2H3,(H,26,29)/t15-,16+,20-/m1/s1. The molecule has 1 N–H and O–H groups in total. The van der Waals surface area contributed by atoms with E-state index in [0.717, 1.165) is 29.0 Å². The first-order chi connectivity index (χ1) is 14.4. The number of hydrogen-bond acceptors (Lipinski definition) is 3. The third kappa shape index (κ3) is 4.52. The lowest BCUT2D eigenvalue weighted by atomic mass is 9.78. The number of rotatable bonds is 4. The average Bonchev–Trinajstić information content (AvgIpc) is 2.73. The van der Waals surface area contributed by atoms with Crippen LogP contribution in [0.15, 0.2) is 47.4 Å². The van der Waals surface area contributed by atoms with Crippen molar-refractivity contribution in [2.75, 3.05) is 10.7 Å². The molecule has 0 spiro atoms. The van der Waals surface area contributed by atoms with Gasteiger partial charge in [-0.25, -0.2) is 0 Å². The van der Waals surface area contributed by atoms with E-state index in [1.807, 2.05) is 42.5 Å². The summed E-state index contributed by atoms with van der Waals surface area (Å²) in [7, 11) is 0. The van der Waals surface area contributed by atoms with Crippen LogP contribution in [0, 0.1) is 11.8 Å². The van der Waals surface area contributed by atoms with Crippen LogP contribution < -0.4 is 10.2 Å². The molecule has 158 valence electrons. The summed E-state index contributed by atoms with van der Waals surface area (Å²) in [5.41, 5.74) is 2.37. The maximum Gasteiger partial charge on any atom is 0.251 e. The van der Waals surface area contributed by atoms with E-state index in [9.17, 15) is 9.59 Å². The minimum atomic E-state index is -0.0607. The van der Waals surface area contributed by atoms with Gasteiger partial charge in [-0.05, 0) is 54.2 Å². The molecule has 1 fully saturated rings. The number of hydrogen-bond donors (Lipinski definition) is 1. The van der Waals surface area contributed by atoms with Gasteiger partial charge in [0.15, 0.2) is 0 Å². The summed E-state index contributed by atoms with van der Waals surface area (Å²) in [5.74, 6) is 1.47. The van der Waals surface area contributed by atoms with Gasteiger partial charge in [-0.15, -0.1) is 11.8 Å². The lowest BCUT2D eigenvalue weighted by molar-refractivity contribution is -0.116. The van der Waals surface area contributed by atoms with E-state index in [2.05, 4.69) is 19.2 Å². The number of anilines is 1. The fourth-order valence-electron chi connectivity index (χ4n) is 4.37. The zero-order valence-electron chi connectivity index (χ0n) is 17.4. The van der Waals surface area contributed by atoms with Gasteiger partial charge < -0.3 is 10.2 Å². The van der Waals surface area contributed by atoms with Crippen LogP contribution in [0.3, 0.4) is 0 Å². The van der Waals surface area contributed by atoms with E-state index in [1.54, 1.807) is 4.90 Å². The van der Waals surface area contributed by atoms with Gasteiger partial charge in [0.1, 0.15) is 0 Å². The normalized spacial score (nSPS) is 23.8. The molecule has 2 aliphatic rings. The van der Waals surface area contributed by atoms with Gasteiger partial charge in [0.25, 0.3) is 5.91 Å². The molecule has 0 bridgehead atoms. The van der Waals surface area contributed by atoms with Gasteiger partial charge in [-0.1, -0.05) is 50.4 Å². The predicted molar refractivity (Wildman–Crippen MR) is 123 cm³/mol. The van der Waals surface area contributed by atoms with Crippen molar-refractivity contribution in [3.8, 4) is 0 Å². The van der Waals surface area contributed by atoms with E-state index in [-0.39, 0.29) is 17.9 Å². The number of halogens is 1. The molecule has 1 saturated carbocycles. The Hall–Kier alpha value is -1.98. The van der Waals surface area contributed by atoms with Crippen LogP contribution in [0.2, 0.25) is 5.02 Å².